The summed E-state index contributed by atoms with van der Waals surface area (Å²) >= 11 is 3.66. The van der Waals surface area contributed by atoms with Crippen molar-refractivity contribution >= 4 is 15.9 Å². The zero-order valence-corrected chi connectivity index (χ0v) is 14.3. The van der Waals surface area contributed by atoms with Crippen molar-refractivity contribution in [1.82, 2.24) is 15.1 Å². The molecule has 114 valence electrons. The topological polar surface area (TPSA) is 39.1 Å². The smallest absolute Gasteiger partial charge is 0.0790 e. The molecule has 1 aliphatic rings. The highest BCUT2D eigenvalue weighted by Gasteiger charge is 2.33. The molecule has 0 spiro atoms. The van der Waals surface area contributed by atoms with Crippen LogP contribution >= 0.6 is 15.9 Å². The summed E-state index contributed by atoms with van der Waals surface area (Å²) in [7, 11) is 0. The fraction of sp³-hybridized carbons (Fsp3) is 0.800. The summed E-state index contributed by atoms with van der Waals surface area (Å²) in [5, 5.41) is 8.16. The Bertz CT molecular complexity index is 421. The summed E-state index contributed by atoms with van der Waals surface area (Å²) in [6, 6.07) is 0.225. The van der Waals surface area contributed by atoms with Gasteiger partial charge < -0.3 is 10.1 Å². The van der Waals surface area contributed by atoms with E-state index in [-0.39, 0.29) is 12.1 Å². The van der Waals surface area contributed by atoms with Crippen molar-refractivity contribution in [2.24, 2.45) is 0 Å². The standard InChI is InChI=1S/C15H26BrN3O/c1-4-8-17-14(13-7-6-11(3)20-13)15-12(16)10-18-19(15)9-5-2/h10-11,13-14,17H,4-9H2,1-3H3. The molecular weight excluding hydrogens is 318 g/mol. The van der Waals surface area contributed by atoms with E-state index in [1.54, 1.807) is 0 Å². The van der Waals surface area contributed by atoms with Gasteiger partial charge in [-0.05, 0) is 55.1 Å². The maximum Gasteiger partial charge on any atom is 0.0790 e. The summed E-state index contributed by atoms with van der Waals surface area (Å²) in [4.78, 5) is 0. The van der Waals surface area contributed by atoms with Crippen molar-refractivity contribution in [2.75, 3.05) is 6.54 Å². The predicted octanol–water partition coefficient (Wildman–Crippen LogP) is 3.66. The third kappa shape index (κ3) is 3.62. The zero-order chi connectivity index (χ0) is 14.5. The minimum Gasteiger partial charge on any atom is -0.373 e. The largest absolute Gasteiger partial charge is 0.373 e. The second kappa shape index (κ2) is 7.57. The highest BCUT2D eigenvalue weighted by molar-refractivity contribution is 9.10. The van der Waals surface area contributed by atoms with Crippen LogP contribution in [-0.4, -0.2) is 28.5 Å². The van der Waals surface area contributed by atoms with Gasteiger partial charge in [-0.2, -0.15) is 5.10 Å². The molecule has 20 heavy (non-hydrogen) atoms. The SMILES string of the molecule is CCCNC(c1c(Br)cnn1CCC)C1CCC(C)O1. The van der Waals surface area contributed by atoms with Gasteiger partial charge >= 0.3 is 0 Å². The zero-order valence-electron chi connectivity index (χ0n) is 12.7. The van der Waals surface area contributed by atoms with Crippen LogP contribution in [0, 0.1) is 0 Å². The monoisotopic (exact) mass is 343 g/mol. The number of halogens is 1. The third-order valence-electron chi connectivity index (χ3n) is 3.81. The summed E-state index contributed by atoms with van der Waals surface area (Å²) in [5.41, 5.74) is 1.24. The van der Waals surface area contributed by atoms with Crippen LogP contribution in [0.3, 0.4) is 0 Å². The van der Waals surface area contributed by atoms with Crippen LogP contribution in [0.25, 0.3) is 0 Å². The van der Waals surface area contributed by atoms with Gasteiger partial charge in [-0.25, -0.2) is 0 Å². The van der Waals surface area contributed by atoms with E-state index < -0.39 is 0 Å². The number of ether oxygens (including phenoxy) is 1. The molecule has 2 rings (SSSR count). The van der Waals surface area contributed by atoms with Gasteiger partial charge in [0.05, 0.1) is 34.6 Å². The Hall–Kier alpha value is -0.390. The first kappa shape index (κ1) is 16.0. The molecule has 1 aromatic rings. The van der Waals surface area contributed by atoms with Crippen LogP contribution in [0.2, 0.25) is 0 Å². The Labute approximate surface area is 130 Å². The number of hydrogen-bond acceptors (Lipinski definition) is 3. The molecule has 0 saturated carbocycles. The van der Waals surface area contributed by atoms with Gasteiger partial charge in [0, 0.05) is 6.54 Å². The Morgan fingerprint density at radius 1 is 1.45 bits per heavy atom. The molecule has 3 unspecified atom stereocenters. The van der Waals surface area contributed by atoms with Crippen molar-refractivity contribution in [3.63, 3.8) is 0 Å². The van der Waals surface area contributed by atoms with E-state index in [1.165, 1.54) is 5.69 Å². The first-order valence-electron chi connectivity index (χ1n) is 7.77. The van der Waals surface area contributed by atoms with Gasteiger partial charge in [0.1, 0.15) is 0 Å². The van der Waals surface area contributed by atoms with E-state index in [4.69, 9.17) is 4.74 Å². The molecule has 0 bridgehead atoms. The summed E-state index contributed by atoms with van der Waals surface area (Å²) < 4.78 is 9.31. The van der Waals surface area contributed by atoms with Crippen LogP contribution < -0.4 is 5.32 Å². The predicted molar refractivity (Wildman–Crippen MR) is 84.8 cm³/mol. The lowest BCUT2D eigenvalue weighted by Gasteiger charge is -2.26. The Balaban J connectivity index is 2.23. The van der Waals surface area contributed by atoms with E-state index in [0.717, 1.165) is 43.2 Å². The lowest BCUT2D eigenvalue weighted by atomic mass is 10.0. The van der Waals surface area contributed by atoms with Crippen molar-refractivity contribution in [3.8, 4) is 0 Å². The van der Waals surface area contributed by atoms with E-state index >= 15 is 0 Å². The lowest BCUT2D eigenvalue weighted by Crippen LogP contribution is -2.34. The van der Waals surface area contributed by atoms with E-state index in [1.807, 2.05) is 6.20 Å². The van der Waals surface area contributed by atoms with Crippen molar-refractivity contribution in [2.45, 2.75) is 71.2 Å². The lowest BCUT2D eigenvalue weighted by molar-refractivity contribution is 0.0294. The molecule has 0 amide bonds. The number of nitrogens with one attached hydrogen (secondary N) is 1. The molecule has 1 N–H and O–H groups in total. The van der Waals surface area contributed by atoms with E-state index in [9.17, 15) is 0 Å². The fourth-order valence-electron chi connectivity index (χ4n) is 2.85. The molecule has 1 aliphatic heterocycles. The average Bonchev–Trinajstić information content (AvgIpc) is 3.00. The number of nitrogens with zero attached hydrogens (tertiary/aromatic N) is 2. The second-order valence-corrected chi connectivity index (χ2v) is 6.45. The van der Waals surface area contributed by atoms with Crippen molar-refractivity contribution in [1.29, 1.82) is 0 Å². The minimum atomic E-state index is 0.225. The highest BCUT2D eigenvalue weighted by Crippen LogP contribution is 2.33. The van der Waals surface area contributed by atoms with Crippen LogP contribution in [0.4, 0.5) is 0 Å². The number of hydrogen-bond donors (Lipinski definition) is 1. The maximum atomic E-state index is 6.11. The van der Waals surface area contributed by atoms with Crippen LogP contribution in [0.1, 0.15) is 58.2 Å². The number of aromatic nitrogens is 2. The van der Waals surface area contributed by atoms with E-state index in [0.29, 0.717) is 6.10 Å². The first-order valence-corrected chi connectivity index (χ1v) is 8.56. The Morgan fingerprint density at radius 3 is 2.85 bits per heavy atom. The van der Waals surface area contributed by atoms with Gasteiger partial charge in [-0.1, -0.05) is 13.8 Å². The van der Waals surface area contributed by atoms with Gasteiger partial charge in [0.25, 0.3) is 0 Å². The minimum absolute atomic E-state index is 0.225. The maximum absolute atomic E-state index is 6.11. The van der Waals surface area contributed by atoms with Crippen molar-refractivity contribution in [3.05, 3.63) is 16.4 Å². The van der Waals surface area contributed by atoms with E-state index in [2.05, 4.69) is 51.8 Å². The average molecular weight is 344 g/mol. The van der Waals surface area contributed by atoms with Crippen molar-refractivity contribution < 1.29 is 4.74 Å². The van der Waals surface area contributed by atoms with Gasteiger partial charge in [0.15, 0.2) is 0 Å². The summed E-state index contributed by atoms with van der Waals surface area (Å²) in [5.74, 6) is 0. The molecule has 0 radical (unpaired) electrons. The van der Waals surface area contributed by atoms with Crippen LogP contribution in [-0.2, 0) is 11.3 Å². The summed E-state index contributed by atoms with van der Waals surface area (Å²) in [6.07, 6.45) is 7.00. The number of aryl methyl sites for hydroxylation is 1. The van der Waals surface area contributed by atoms with Gasteiger partial charge in [-0.3, -0.25) is 4.68 Å². The molecule has 1 aromatic heterocycles. The molecular formula is C15H26BrN3O. The first-order chi connectivity index (χ1) is 9.67. The molecule has 0 aromatic carbocycles. The van der Waals surface area contributed by atoms with Crippen LogP contribution in [0.15, 0.2) is 10.7 Å². The molecule has 4 nitrogen and oxygen atoms in total. The number of rotatable bonds is 7. The second-order valence-electron chi connectivity index (χ2n) is 5.60. The fourth-order valence-corrected chi connectivity index (χ4v) is 3.40. The Kier molecular flexibility index (Phi) is 6.05. The van der Waals surface area contributed by atoms with Gasteiger partial charge in [0.2, 0.25) is 0 Å². The van der Waals surface area contributed by atoms with Gasteiger partial charge in [-0.15, -0.1) is 0 Å². The molecule has 5 heteroatoms. The molecule has 2 heterocycles. The molecule has 0 aliphatic carbocycles. The molecule has 1 saturated heterocycles. The quantitative estimate of drug-likeness (QED) is 0.820. The third-order valence-corrected chi connectivity index (χ3v) is 4.43. The Morgan fingerprint density at radius 2 is 2.25 bits per heavy atom. The summed E-state index contributed by atoms with van der Waals surface area (Å²) in [6.45, 7) is 8.49. The highest BCUT2D eigenvalue weighted by atomic mass is 79.9. The van der Waals surface area contributed by atoms with Crippen LogP contribution in [0.5, 0.6) is 0 Å². The molecule has 1 fully saturated rings. The normalized spacial score (nSPS) is 24.2. The molecule has 3 atom stereocenters.